The topological polar surface area (TPSA) is 128 Å². The van der Waals surface area contributed by atoms with Gasteiger partial charge in [-0.25, -0.2) is 4.79 Å². The summed E-state index contributed by atoms with van der Waals surface area (Å²) in [4.78, 5) is 40.9. The molecule has 0 aromatic heterocycles. The molecule has 0 spiro atoms. The Morgan fingerprint density at radius 1 is 1.06 bits per heavy atom. The average Bonchev–Trinajstić information content (AvgIpc) is 2.80. The van der Waals surface area contributed by atoms with Gasteiger partial charge in [0.15, 0.2) is 0 Å². The SMILES string of the molecule is CCCCCNC(=O)C(c1ccc(O)c(C)c1)N(CCCCC)C(=O)C(CO)NC(=O)OC(C)(C)C. The summed E-state index contributed by atoms with van der Waals surface area (Å²) in [6.07, 6.45) is 4.35. The van der Waals surface area contributed by atoms with Crippen molar-refractivity contribution in [1.82, 2.24) is 15.5 Å². The lowest BCUT2D eigenvalue weighted by atomic mass is 9.99. The molecule has 36 heavy (non-hydrogen) atoms. The van der Waals surface area contributed by atoms with Crippen molar-refractivity contribution in [3.63, 3.8) is 0 Å². The van der Waals surface area contributed by atoms with Crippen LogP contribution in [0.5, 0.6) is 5.75 Å². The van der Waals surface area contributed by atoms with E-state index in [4.69, 9.17) is 4.74 Å². The number of benzene rings is 1. The Kier molecular flexibility index (Phi) is 13.3. The van der Waals surface area contributed by atoms with Crippen LogP contribution >= 0.6 is 0 Å². The number of alkyl carbamates (subject to hydrolysis) is 1. The van der Waals surface area contributed by atoms with E-state index in [0.717, 1.165) is 32.1 Å². The molecule has 1 aromatic carbocycles. The molecule has 204 valence electrons. The number of phenols is 1. The summed E-state index contributed by atoms with van der Waals surface area (Å²) < 4.78 is 5.26. The van der Waals surface area contributed by atoms with E-state index in [0.29, 0.717) is 24.1 Å². The number of nitrogens with one attached hydrogen (secondary N) is 2. The minimum absolute atomic E-state index is 0.0875. The molecule has 0 saturated carbocycles. The van der Waals surface area contributed by atoms with E-state index < -0.39 is 36.3 Å². The van der Waals surface area contributed by atoms with Crippen LogP contribution in [0.4, 0.5) is 4.79 Å². The molecule has 0 heterocycles. The second-order valence-corrected chi connectivity index (χ2v) is 10.1. The summed E-state index contributed by atoms with van der Waals surface area (Å²) in [6.45, 7) is 11.0. The van der Waals surface area contributed by atoms with Crippen LogP contribution in [-0.4, -0.2) is 64.4 Å². The molecule has 2 atom stereocenters. The van der Waals surface area contributed by atoms with Gasteiger partial charge in [-0.05, 0) is 63.8 Å². The average molecular weight is 508 g/mol. The maximum absolute atomic E-state index is 13.7. The van der Waals surface area contributed by atoms with Crippen LogP contribution < -0.4 is 10.6 Å². The van der Waals surface area contributed by atoms with Crippen LogP contribution in [0, 0.1) is 6.92 Å². The molecule has 0 aliphatic heterocycles. The minimum atomic E-state index is -1.28. The lowest BCUT2D eigenvalue weighted by Gasteiger charge is -2.34. The van der Waals surface area contributed by atoms with Crippen molar-refractivity contribution in [2.24, 2.45) is 0 Å². The van der Waals surface area contributed by atoms with Gasteiger partial charge in [-0.3, -0.25) is 9.59 Å². The number of carbonyl (C=O) groups is 3. The Hall–Kier alpha value is -2.81. The fraction of sp³-hybridized carbons (Fsp3) is 0.667. The van der Waals surface area contributed by atoms with Gasteiger partial charge in [0.05, 0.1) is 6.61 Å². The zero-order valence-electron chi connectivity index (χ0n) is 22.7. The van der Waals surface area contributed by atoms with Gasteiger partial charge in [0.1, 0.15) is 23.4 Å². The molecule has 0 saturated heterocycles. The second-order valence-electron chi connectivity index (χ2n) is 10.1. The van der Waals surface area contributed by atoms with Crippen LogP contribution in [0.1, 0.15) is 90.3 Å². The van der Waals surface area contributed by atoms with Crippen molar-refractivity contribution in [1.29, 1.82) is 0 Å². The first-order valence-electron chi connectivity index (χ1n) is 12.9. The number of rotatable bonds is 14. The maximum atomic E-state index is 13.7. The molecular formula is C27H45N3O6. The van der Waals surface area contributed by atoms with Crippen LogP contribution in [-0.2, 0) is 14.3 Å². The summed E-state index contributed by atoms with van der Waals surface area (Å²) in [5.41, 5.74) is 0.332. The summed E-state index contributed by atoms with van der Waals surface area (Å²) >= 11 is 0. The molecule has 0 aliphatic rings. The summed E-state index contributed by atoms with van der Waals surface area (Å²) in [6, 6.07) is 2.52. The number of unbranched alkanes of at least 4 members (excludes halogenated alkanes) is 4. The number of amides is 3. The van der Waals surface area contributed by atoms with E-state index in [1.165, 1.54) is 11.0 Å². The number of aliphatic hydroxyl groups excluding tert-OH is 1. The number of carbonyl (C=O) groups excluding carboxylic acids is 3. The number of ether oxygens (including phenoxy) is 1. The number of aromatic hydroxyl groups is 1. The smallest absolute Gasteiger partial charge is 0.408 e. The first kappa shape index (κ1) is 31.2. The molecule has 1 rings (SSSR count). The van der Waals surface area contributed by atoms with Gasteiger partial charge in [-0.1, -0.05) is 45.6 Å². The number of hydrogen-bond acceptors (Lipinski definition) is 6. The Bertz CT molecular complexity index is 852. The molecule has 0 fully saturated rings. The van der Waals surface area contributed by atoms with Crippen molar-refractivity contribution in [2.75, 3.05) is 19.7 Å². The predicted octanol–water partition coefficient (Wildman–Crippen LogP) is 3.95. The van der Waals surface area contributed by atoms with E-state index in [1.807, 2.05) is 6.92 Å². The molecule has 1 aromatic rings. The van der Waals surface area contributed by atoms with Crippen molar-refractivity contribution >= 4 is 17.9 Å². The zero-order valence-corrected chi connectivity index (χ0v) is 22.7. The highest BCUT2D eigenvalue weighted by molar-refractivity contribution is 5.92. The number of nitrogens with zero attached hydrogens (tertiary/aromatic N) is 1. The van der Waals surface area contributed by atoms with Gasteiger partial charge >= 0.3 is 6.09 Å². The highest BCUT2D eigenvalue weighted by atomic mass is 16.6. The van der Waals surface area contributed by atoms with Gasteiger partial charge in [-0.2, -0.15) is 0 Å². The quantitative estimate of drug-likeness (QED) is 0.282. The van der Waals surface area contributed by atoms with E-state index in [2.05, 4.69) is 17.6 Å². The molecule has 3 amide bonds. The normalized spacial score (nSPS) is 13.0. The molecule has 9 heteroatoms. The van der Waals surface area contributed by atoms with Crippen molar-refractivity contribution in [3.8, 4) is 5.75 Å². The van der Waals surface area contributed by atoms with Crippen molar-refractivity contribution in [2.45, 2.75) is 97.8 Å². The van der Waals surface area contributed by atoms with Gasteiger partial charge in [0.2, 0.25) is 11.8 Å². The first-order chi connectivity index (χ1) is 16.9. The Labute approximate surface area is 215 Å². The third-order valence-electron chi connectivity index (χ3n) is 5.63. The van der Waals surface area contributed by atoms with Crippen molar-refractivity contribution in [3.05, 3.63) is 29.3 Å². The fourth-order valence-corrected chi connectivity index (χ4v) is 3.74. The number of hydrogen-bond donors (Lipinski definition) is 4. The molecule has 0 radical (unpaired) electrons. The van der Waals surface area contributed by atoms with Crippen LogP contribution in [0.15, 0.2) is 18.2 Å². The summed E-state index contributed by atoms with van der Waals surface area (Å²) in [7, 11) is 0. The molecular weight excluding hydrogens is 462 g/mol. The monoisotopic (exact) mass is 507 g/mol. The molecule has 0 aliphatic carbocycles. The minimum Gasteiger partial charge on any atom is -0.508 e. The molecule has 9 nitrogen and oxygen atoms in total. The van der Waals surface area contributed by atoms with Crippen molar-refractivity contribution < 1.29 is 29.3 Å². The zero-order chi connectivity index (χ0) is 27.3. The van der Waals surface area contributed by atoms with E-state index in [-0.39, 0.29) is 18.2 Å². The third-order valence-corrected chi connectivity index (χ3v) is 5.63. The summed E-state index contributed by atoms with van der Waals surface area (Å²) in [5, 5.41) is 25.4. The highest BCUT2D eigenvalue weighted by Gasteiger charge is 2.36. The van der Waals surface area contributed by atoms with E-state index >= 15 is 0 Å². The predicted molar refractivity (Wildman–Crippen MR) is 140 cm³/mol. The van der Waals surface area contributed by atoms with Crippen LogP contribution in [0.3, 0.4) is 0 Å². The van der Waals surface area contributed by atoms with Crippen LogP contribution in [0.25, 0.3) is 0 Å². The number of aliphatic hydroxyl groups is 1. The van der Waals surface area contributed by atoms with E-state index in [9.17, 15) is 24.6 Å². The van der Waals surface area contributed by atoms with Gasteiger partial charge < -0.3 is 30.5 Å². The maximum Gasteiger partial charge on any atom is 0.408 e. The Morgan fingerprint density at radius 3 is 2.25 bits per heavy atom. The molecule has 4 N–H and O–H groups in total. The van der Waals surface area contributed by atoms with Gasteiger partial charge in [-0.15, -0.1) is 0 Å². The highest BCUT2D eigenvalue weighted by Crippen LogP contribution is 2.27. The largest absolute Gasteiger partial charge is 0.508 e. The number of aryl methyl sites for hydroxylation is 1. The first-order valence-corrected chi connectivity index (χ1v) is 12.9. The second kappa shape index (κ2) is 15.3. The van der Waals surface area contributed by atoms with Gasteiger partial charge in [0, 0.05) is 13.1 Å². The summed E-state index contributed by atoms with van der Waals surface area (Å²) in [5.74, 6) is -0.849. The Morgan fingerprint density at radius 2 is 1.69 bits per heavy atom. The van der Waals surface area contributed by atoms with Gasteiger partial charge in [0.25, 0.3) is 0 Å². The lowest BCUT2D eigenvalue weighted by molar-refractivity contribution is -0.143. The fourth-order valence-electron chi connectivity index (χ4n) is 3.74. The molecule has 2 unspecified atom stereocenters. The number of phenolic OH excluding ortho intramolecular Hbond substituents is 1. The van der Waals surface area contributed by atoms with E-state index in [1.54, 1.807) is 39.8 Å². The standard InChI is InChI=1S/C27H45N3O6/c1-7-9-11-15-28-24(33)23(20-13-14-22(32)19(3)17-20)30(16-12-10-8-2)25(34)21(18-31)29-26(35)36-27(4,5)6/h13-14,17,21,23,31-32H,7-12,15-16,18H2,1-6H3,(H,28,33)(H,29,35). The molecule has 0 bridgehead atoms. The third kappa shape index (κ3) is 10.4. The van der Waals surface area contributed by atoms with Crippen LogP contribution in [0.2, 0.25) is 0 Å². The Balaban J connectivity index is 3.36. The lowest BCUT2D eigenvalue weighted by Crippen LogP contribution is -2.54.